The van der Waals surface area contributed by atoms with Crippen LogP contribution in [0.1, 0.15) is 0 Å². The van der Waals surface area contributed by atoms with Crippen molar-refractivity contribution in [2.75, 3.05) is 6.61 Å². The molecule has 0 saturated carbocycles. The van der Waals surface area contributed by atoms with Crippen LogP contribution in [-0.2, 0) is 6.54 Å². The molecule has 6 nitrogen and oxygen atoms in total. The van der Waals surface area contributed by atoms with Gasteiger partial charge in [0.05, 0.1) is 11.5 Å². The molecular weight excluding hydrogens is 267 g/mol. The number of pyridine rings is 1. The van der Waals surface area contributed by atoms with E-state index in [1.807, 2.05) is 0 Å². The lowest BCUT2D eigenvalue weighted by molar-refractivity contribution is -0.385. The molecule has 0 unspecified atom stereocenters. The zero-order valence-electron chi connectivity index (χ0n) is 10.4. The fourth-order valence-electron chi connectivity index (χ4n) is 1.66. The van der Waals surface area contributed by atoms with Gasteiger partial charge in [-0.25, -0.2) is 4.39 Å². The van der Waals surface area contributed by atoms with Gasteiger partial charge in [0.2, 0.25) is 0 Å². The summed E-state index contributed by atoms with van der Waals surface area (Å²) in [7, 11) is 0. The number of halogens is 1. The summed E-state index contributed by atoms with van der Waals surface area (Å²) in [6.45, 7) is 0.122. The largest absolute Gasteiger partial charge is 0.485 e. The molecule has 1 aromatic heterocycles. The predicted molar refractivity (Wildman–Crippen MR) is 69.3 cm³/mol. The molecule has 1 heterocycles. The lowest BCUT2D eigenvalue weighted by Crippen LogP contribution is -2.22. The number of nitro groups is 1. The second-order valence-corrected chi connectivity index (χ2v) is 3.95. The second kappa shape index (κ2) is 5.96. The monoisotopic (exact) mass is 278 g/mol. The Labute approximate surface area is 113 Å². The first-order valence-electron chi connectivity index (χ1n) is 5.80. The Morgan fingerprint density at radius 3 is 2.75 bits per heavy atom. The van der Waals surface area contributed by atoms with Crippen molar-refractivity contribution >= 4 is 5.69 Å². The fraction of sp³-hybridized carbons (Fsp3) is 0.154. The van der Waals surface area contributed by atoms with Crippen LogP contribution in [0.3, 0.4) is 0 Å². The van der Waals surface area contributed by atoms with E-state index in [0.29, 0.717) is 0 Å². The van der Waals surface area contributed by atoms with Crippen LogP contribution >= 0.6 is 0 Å². The van der Waals surface area contributed by atoms with Crippen LogP contribution in [0.5, 0.6) is 5.75 Å². The summed E-state index contributed by atoms with van der Waals surface area (Å²) in [6.07, 6.45) is 1.06. The molecule has 0 atom stereocenters. The number of nitrogens with zero attached hydrogens (tertiary/aromatic N) is 2. The summed E-state index contributed by atoms with van der Waals surface area (Å²) in [5.74, 6) is -0.419. The van der Waals surface area contributed by atoms with E-state index in [-0.39, 0.29) is 30.1 Å². The Morgan fingerprint density at radius 2 is 2.00 bits per heavy atom. The Balaban J connectivity index is 2.05. The summed E-state index contributed by atoms with van der Waals surface area (Å²) in [5, 5.41) is 10.8. The molecule has 0 aliphatic rings. The molecule has 0 bridgehead atoms. The van der Waals surface area contributed by atoms with Gasteiger partial charge in [0.15, 0.2) is 5.75 Å². The van der Waals surface area contributed by atoms with Crippen LogP contribution in [0.15, 0.2) is 47.4 Å². The van der Waals surface area contributed by atoms with Crippen LogP contribution in [0.25, 0.3) is 0 Å². The molecule has 104 valence electrons. The maximum absolute atomic E-state index is 13.0. The maximum Gasteiger partial charge on any atom is 0.310 e. The molecule has 20 heavy (non-hydrogen) atoms. The van der Waals surface area contributed by atoms with Gasteiger partial charge in [-0.2, -0.15) is 0 Å². The second-order valence-electron chi connectivity index (χ2n) is 3.95. The highest BCUT2D eigenvalue weighted by molar-refractivity contribution is 5.45. The van der Waals surface area contributed by atoms with Crippen LogP contribution in [-0.4, -0.2) is 16.1 Å². The smallest absolute Gasteiger partial charge is 0.310 e. The van der Waals surface area contributed by atoms with Crippen molar-refractivity contribution in [3.63, 3.8) is 0 Å². The maximum atomic E-state index is 13.0. The zero-order chi connectivity index (χ0) is 14.5. The SMILES string of the molecule is O=c1ccc(F)cn1CCOc1ccccc1[N+](=O)[O-]. The highest BCUT2D eigenvalue weighted by atomic mass is 19.1. The fourth-order valence-corrected chi connectivity index (χ4v) is 1.66. The third-order valence-corrected chi connectivity index (χ3v) is 2.60. The Bertz CT molecular complexity index is 684. The summed E-state index contributed by atoms with van der Waals surface area (Å²) in [4.78, 5) is 21.6. The normalized spacial score (nSPS) is 10.2. The van der Waals surface area contributed by atoms with Gasteiger partial charge in [-0.3, -0.25) is 14.9 Å². The molecule has 2 rings (SSSR count). The number of rotatable bonds is 5. The number of ether oxygens (including phenoxy) is 1. The minimum Gasteiger partial charge on any atom is -0.485 e. The minimum absolute atomic E-state index is 0.0220. The highest BCUT2D eigenvalue weighted by Gasteiger charge is 2.13. The van der Waals surface area contributed by atoms with E-state index in [1.54, 1.807) is 6.07 Å². The predicted octanol–water partition coefficient (Wildman–Crippen LogP) is 1.97. The number of hydrogen-bond donors (Lipinski definition) is 0. The van der Waals surface area contributed by atoms with E-state index in [0.717, 1.165) is 22.9 Å². The minimum atomic E-state index is -0.552. The van der Waals surface area contributed by atoms with Gasteiger partial charge in [0.25, 0.3) is 5.56 Å². The average molecular weight is 278 g/mol. The first-order chi connectivity index (χ1) is 9.58. The van der Waals surface area contributed by atoms with Crippen LogP contribution in [0.2, 0.25) is 0 Å². The van der Waals surface area contributed by atoms with Crippen molar-refractivity contribution in [1.29, 1.82) is 0 Å². The van der Waals surface area contributed by atoms with E-state index >= 15 is 0 Å². The number of benzene rings is 1. The van der Waals surface area contributed by atoms with Crippen LogP contribution in [0, 0.1) is 15.9 Å². The van der Waals surface area contributed by atoms with Crippen molar-refractivity contribution in [1.82, 2.24) is 4.57 Å². The summed E-state index contributed by atoms with van der Waals surface area (Å²) in [5.41, 5.74) is -0.517. The number of hydrogen-bond acceptors (Lipinski definition) is 4. The van der Waals surface area contributed by atoms with E-state index in [1.165, 1.54) is 18.2 Å². The topological polar surface area (TPSA) is 74.4 Å². The van der Waals surface area contributed by atoms with Gasteiger partial charge in [0.1, 0.15) is 12.4 Å². The number of para-hydroxylation sites is 2. The highest BCUT2D eigenvalue weighted by Crippen LogP contribution is 2.25. The van der Waals surface area contributed by atoms with Crippen molar-refractivity contribution in [3.8, 4) is 5.75 Å². The van der Waals surface area contributed by atoms with E-state index < -0.39 is 10.7 Å². The van der Waals surface area contributed by atoms with Gasteiger partial charge in [0, 0.05) is 18.3 Å². The molecule has 0 N–H and O–H groups in total. The van der Waals surface area contributed by atoms with Gasteiger partial charge < -0.3 is 9.30 Å². The molecule has 0 aliphatic carbocycles. The van der Waals surface area contributed by atoms with Gasteiger partial charge in [-0.1, -0.05) is 12.1 Å². The molecule has 0 radical (unpaired) electrons. The van der Waals surface area contributed by atoms with Crippen molar-refractivity contribution in [3.05, 3.63) is 68.9 Å². The molecule has 2 aromatic rings. The number of aromatic nitrogens is 1. The Morgan fingerprint density at radius 1 is 1.25 bits per heavy atom. The van der Waals surface area contributed by atoms with Crippen LogP contribution < -0.4 is 10.3 Å². The summed E-state index contributed by atoms with van der Waals surface area (Å²) in [6, 6.07) is 8.11. The quantitative estimate of drug-likeness (QED) is 0.619. The molecule has 1 aromatic carbocycles. The van der Waals surface area contributed by atoms with Crippen LogP contribution in [0.4, 0.5) is 10.1 Å². The lowest BCUT2D eigenvalue weighted by Gasteiger charge is -2.08. The first-order valence-corrected chi connectivity index (χ1v) is 5.80. The molecule has 0 saturated heterocycles. The molecule has 0 fully saturated rings. The molecular formula is C13H11FN2O4. The molecule has 0 aliphatic heterocycles. The standard InChI is InChI=1S/C13H11FN2O4/c14-10-5-6-13(17)15(9-10)7-8-20-12-4-2-1-3-11(12)16(18)19/h1-6,9H,7-8H2. The third kappa shape index (κ3) is 3.19. The van der Waals surface area contributed by atoms with Gasteiger partial charge in [-0.05, 0) is 12.1 Å². The third-order valence-electron chi connectivity index (χ3n) is 2.60. The lowest BCUT2D eigenvalue weighted by atomic mass is 10.3. The van der Waals surface area contributed by atoms with Gasteiger partial charge >= 0.3 is 5.69 Å². The average Bonchev–Trinajstić information content (AvgIpc) is 2.43. The first kappa shape index (κ1) is 13.7. The van der Waals surface area contributed by atoms with E-state index in [9.17, 15) is 19.3 Å². The molecule has 7 heteroatoms. The van der Waals surface area contributed by atoms with E-state index in [4.69, 9.17) is 4.74 Å². The Kier molecular flexibility index (Phi) is 4.09. The van der Waals surface area contributed by atoms with Crippen molar-refractivity contribution in [2.45, 2.75) is 6.54 Å². The van der Waals surface area contributed by atoms with E-state index in [2.05, 4.69) is 0 Å². The molecule has 0 spiro atoms. The zero-order valence-corrected chi connectivity index (χ0v) is 10.4. The van der Waals surface area contributed by atoms with Crippen molar-refractivity contribution in [2.24, 2.45) is 0 Å². The number of nitro benzene ring substituents is 1. The molecule has 0 amide bonds. The summed E-state index contributed by atoms with van der Waals surface area (Å²) >= 11 is 0. The van der Waals surface area contributed by atoms with Crippen molar-refractivity contribution < 1.29 is 14.1 Å². The Hall–Kier alpha value is -2.70. The van der Waals surface area contributed by atoms with Gasteiger partial charge in [-0.15, -0.1) is 0 Å². The summed E-state index contributed by atoms with van der Waals surface area (Å²) < 4.78 is 19.4.